The standard InChI is InChI=1S/C22H23N3O4S/c1-14-10-19(15(2)25(14)12-18-8-5-9-30-18)22(28)29-13-20(26)24-17-7-4-6-16(11-17)21(27)23-3/h4-11H,12-13H2,1-3H3,(H,23,27)(H,24,26). The molecule has 30 heavy (non-hydrogen) atoms. The molecule has 2 aromatic heterocycles. The van der Waals surface area contributed by atoms with Crippen molar-refractivity contribution < 1.29 is 19.1 Å². The Labute approximate surface area is 178 Å². The van der Waals surface area contributed by atoms with Crippen molar-refractivity contribution in [1.82, 2.24) is 9.88 Å². The van der Waals surface area contributed by atoms with E-state index >= 15 is 0 Å². The van der Waals surface area contributed by atoms with Crippen molar-refractivity contribution in [2.45, 2.75) is 20.4 Å². The first kappa shape index (κ1) is 21.3. The Morgan fingerprint density at radius 1 is 1.10 bits per heavy atom. The fourth-order valence-corrected chi connectivity index (χ4v) is 3.79. The van der Waals surface area contributed by atoms with Gasteiger partial charge in [0.15, 0.2) is 6.61 Å². The van der Waals surface area contributed by atoms with E-state index in [9.17, 15) is 14.4 Å². The van der Waals surface area contributed by atoms with Crippen molar-refractivity contribution in [1.29, 1.82) is 0 Å². The summed E-state index contributed by atoms with van der Waals surface area (Å²) in [6.07, 6.45) is 0. The zero-order valence-electron chi connectivity index (χ0n) is 17.0. The Balaban J connectivity index is 1.60. The third-order valence-corrected chi connectivity index (χ3v) is 5.52. The van der Waals surface area contributed by atoms with Crippen LogP contribution in [0, 0.1) is 13.8 Å². The highest BCUT2D eigenvalue weighted by Crippen LogP contribution is 2.20. The molecule has 2 amide bonds. The van der Waals surface area contributed by atoms with Crippen molar-refractivity contribution >= 4 is 34.8 Å². The van der Waals surface area contributed by atoms with Gasteiger partial charge in [0, 0.05) is 34.6 Å². The molecule has 0 aliphatic heterocycles. The first-order chi connectivity index (χ1) is 14.4. The summed E-state index contributed by atoms with van der Waals surface area (Å²) in [5.41, 5.74) is 3.06. The maximum atomic E-state index is 12.5. The zero-order chi connectivity index (χ0) is 21.7. The lowest BCUT2D eigenvalue weighted by Gasteiger charge is -2.09. The minimum atomic E-state index is -0.546. The molecular weight excluding hydrogens is 402 g/mol. The van der Waals surface area contributed by atoms with E-state index in [-0.39, 0.29) is 5.91 Å². The normalized spacial score (nSPS) is 10.5. The van der Waals surface area contributed by atoms with Crippen LogP contribution in [-0.2, 0) is 16.1 Å². The molecule has 1 aromatic carbocycles. The molecule has 7 nitrogen and oxygen atoms in total. The molecule has 0 atom stereocenters. The maximum Gasteiger partial charge on any atom is 0.340 e. The number of carbonyl (C=O) groups excluding carboxylic acids is 3. The maximum absolute atomic E-state index is 12.5. The monoisotopic (exact) mass is 425 g/mol. The van der Waals surface area contributed by atoms with Crippen LogP contribution < -0.4 is 10.6 Å². The third kappa shape index (κ3) is 4.96. The van der Waals surface area contributed by atoms with E-state index < -0.39 is 18.5 Å². The number of nitrogens with zero attached hydrogens (tertiary/aromatic N) is 1. The van der Waals surface area contributed by atoms with Crippen LogP contribution in [-0.4, -0.2) is 36.0 Å². The van der Waals surface area contributed by atoms with Gasteiger partial charge in [0.2, 0.25) is 0 Å². The number of rotatable bonds is 7. The van der Waals surface area contributed by atoms with E-state index in [1.165, 1.54) is 11.9 Å². The Hall–Kier alpha value is -3.39. The average Bonchev–Trinajstić information content (AvgIpc) is 3.35. The van der Waals surface area contributed by atoms with Gasteiger partial charge in [-0.2, -0.15) is 0 Å². The van der Waals surface area contributed by atoms with Gasteiger partial charge in [-0.05, 0) is 49.6 Å². The number of hydrogen-bond acceptors (Lipinski definition) is 5. The van der Waals surface area contributed by atoms with Gasteiger partial charge >= 0.3 is 5.97 Å². The van der Waals surface area contributed by atoms with Gasteiger partial charge in [0.05, 0.1) is 12.1 Å². The SMILES string of the molecule is CNC(=O)c1cccc(NC(=O)COC(=O)c2cc(C)n(Cc3cccs3)c2C)c1. The van der Waals surface area contributed by atoms with Gasteiger partial charge in [-0.1, -0.05) is 12.1 Å². The molecule has 0 bridgehead atoms. The van der Waals surface area contributed by atoms with E-state index in [4.69, 9.17) is 4.74 Å². The Bertz CT molecular complexity index is 1070. The van der Waals surface area contributed by atoms with Crippen molar-refractivity contribution in [3.63, 3.8) is 0 Å². The third-order valence-electron chi connectivity index (χ3n) is 4.66. The van der Waals surface area contributed by atoms with Crippen LogP contribution in [0.25, 0.3) is 0 Å². The lowest BCUT2D eigenvalue weighted by Crippen LogP contribution is -2.22. The molecule has 0 unspecified atom stereocenters. The first-order valence-corrected chi connectivity index (χ1v) is 10.2. The van der Waals surface area contributed by atoms with E-state index in [0.717, 1.165) is 11.4 Å². The Kier molecular flexibility index (Phi) is 6.68. The molecule has 0 saturated carbocycles. The lowest BCUT2D eigenvalue weighted by molar-refractivity contribution is -0.119. The first-order valence-electron chi connectivity index (χ1n) is 9.37. The fourth-order valence-electron chi connectivity index (χ4n) is 3.10. The van der Waals surface area contributed by atoms with Crippen molar-refractivity contribution in [3.8, 4) is 0 Å². The van der Waals surface area contributed by atoms with Crippen LogP contribution in [0.15, 0.2) is 47.8 Å². The molecule has 8 heteroatoms. The number of benzene rings is 1. The van der Waals surface area contributed by atoms with Gasteiger partial charge in [0.1, 0.15) is 0 Å². The largest absolute Gasteiger partial charge is 0.452 e. The summed E-state index contributed by atoms with van der Waals surface area (Å²) in [5.74, 6) is -1.28. The highest BCUT2D eigenvalue weighted by Gasteiger charge is 2.18. The van der Waals surface area contributed by atoms with E-state index in [1.807, 2.05) is 35.9 Å². The van der Waals surface area contributed by atoms with Crippen LogP contribution >= 0.6 is 11.3 Å². The van der Waals surface area contributed by atoms with Gasteiger partial charge in [-0.15, -0.1) is 11.3 Å². The second kappa shape index (κ2) is 9.41. The number of thiophene rings is 1. The lowest BCUT2D eigenvalue weighted by atomic mass is 10.2. The molecule has 0 aliphatic carbocycles. The average molecular weight is 426 g/mol. The van der Waals surface area contributed by atoms with Gasteiger partial charge in [-0.3, -0.25) is 9.59 Å². The van der Waals surface area contributed by atoms with Crippen molar-refractivity contribution in [3.05, 3.63) is 75.2 Å². The number of anilines is 1. The van der Waals surface area contributed by atoms with Crippen LogP contribution in [0.5, 0.6) is 0 Å². The smallest absolute Gasteiger partial charge is 0.340 e. The summed E-state index contributed by atoms with van der Waals surface area (Å²) < 4.78 is 7.25. The Morgan fingerprint density at radius 3 is 2.60 bits per heavy atom. The summed E-state index contributed by atoms with van der Waals surface area (Å²) in [6.45, 7) is 4.06. The molecule has 0 spiro atoms. The number of nitrogens with one attached hydrogen (secondary N) is 2. The number of carbonyl (C=O) groups is 3. The quantitative estimate of drug-likeness (QED) is 0.568. The van der Waals surface area contributed by atoms with Crippen LogP contribution in [0.3, 0.4) is 0 Å². The molecule has 0 saturated heterocycles. The number of hydrogen-bond donors (Lipinski definition) is 2. The highest BCUT2D eigenvalue weighted by molar-refractivity contribution is 7.09. The number of ether oxygens (including phenoxy) is 1. The molecule has 156 valence electrons. The molecular formula is C22H23N3O4S. The Morgan fingerprint density at radius 2 is 1.90 bits per heavy atom. The van der Waals surface area contributed by atoms with E-state index in [1.54, 1.807) is 41.7 Å². The number of amides is 2. The topological polar surface area (TPSA) is 89.4 Å². The summed E-state index contributed by atoms with van der Waals surface area (Å²) in [4.78, 5) is 37.6. The number of aromatic nitrogens is 1. The molecule has 0 radical (unpaired) electrons. The minimum Gasteiger partial charge on any atom is -0.452 e. The second-order valence-electron chi connectivity index (χ2n) is 6.73. The molecule has 2 N–H and O–H groups in total. The molecule has 3 aromatic rings. The van der Waals surface area contributed by atoms with Crippen molar-refractivity contribution in [2.24, 2.45) is 0 Å². The summed E-state index contributed by atoms with van der Waals surface area (Å²) in [7, 11) is 1.53. The zero-order valence-corrected chi connectivity index (χ0v) is 17.8. The van der Waals surface area contributed by atoms with Gasteiger partial charge in [0.25, 0.3) is 11.8 Å². The van der Waals surface area contributed by atoms with E-state index in [2.05, 4.69) is 10.6 Å². The molecule has 0 fully saturated rings. The van der Waals surface area contributed by atoms with Crippen LogP contribution in [0.2, 0.25) is 0 Å². The van der Waals surface area contributed by atoms with Crippen LogP contribution in [0.1, 0.15) is 37.0 Å². The molecule has 2 heterocycles. The predicted octanol–water partition coefficient (Wildman–Crippen LogP) is 3.37. The fraction of sp³-hybridized carbons (Fsp3) is 0.227. The predicted molar refractivity (Wildman–Crippen MR) is 116 cm³/mol. The summed E-state index contributed by atoms with van der Waals surface area (Å²) >= 11 is 1.66. The number of aryl methyl sites for hydroxylation is 1. The molecule has 0 aliphatic rings. The van der Waals surface area contributed by atoms with Gasteiger partial charge < -0.3 is 19.9 Å². The highest BCUT2D eigenvalue weighted by atomic mass is 32.1. The molecule has 3 rings (SSSR count). The van der Waals surface area contributed by atoms with Crippen molar-refractivity contribution in [2.75, 3.05) is 19.0 Å². The van der Waals surface area contributed by atoms with Crippen LogP contribution in [0.4, 0.5) is 5.69 Å². The summed E-state index contributed by atoms with van der Waals surface area (Å²) in [5, 5.41) is 7.17. The second-order valence-corrected chi connectivity index (χ2v) is 7.77. The van der Waals surface area contributed by atoms with Gasteiger partial charge in [-0.25, -0.2) is 4.79 Å². The number of esters is 1. The van der Waals surface area contributed by atoms with E-state index in [0.29, 0.717) is 23.4 Å². The minimum absolute atomic E-state index is 0.254. The summed E-state index contributed by atoms with van der Waals surface area (Å²) in [6, 6.07) is 12.3.